The molecule has 0 saturated heterocycles. The number of anilines is 1. The summed E-state index contributed by atoms with van der Waals surface area (Å²) in [5.74, 6) is -0.420. The maximum atomic E-state index is 13.0. The van der Waals surface area contributed by atoms with Gasteiger partial charge in [-0.15, -0.1) is 5.10 Å². The summed E-state index contributed by atoms with van der Waals surface area (Å²) in [6.07, 6.45) is 3.12. The number of rotatable bonds is 6. The SMILES string of the molecule is CC(C)(C)OC(=O)NC(C(=O)Nc1n[nH]c(=S)s1)C(C)(C)/C=C\c1ccccc1. The number of H-pyrrole nitrogens is 1. The molecular formula is C20H26N4O3S2. The van der Waals surface area contributed by atoms with Gasteiger partial charge in [-0.1, -0.05) is 67.7 Å². The van der Waals surface area contributed by atoms with E-state index < -0.39 is 29.1 Å². The van der Waals surface area contributed by atoms with Crippen LogP contribution in [0.15, 0.2) is 36.4 Å². The number of carbonyl (C=O) groups is 2. The lowest BCUT2D eigenvalue weighted by molar-refractivity contribution is -0.120. The topological polar surface area (TPSA) is 96.1 Å². The first-order chi connectivity index (χ1) is 13.5. The van der Waals surface area contributed by atoms with Crippen molar-refractivity contribution in [1.29, 1.82) is 0 Å². The van der Waals surface area contributed by atoms with Crippen molar-refractivity contribution in [3.8, 4) is 0 Å². The molecule has 0 bridgehead atoms. The number of hydrogen-bond acceptors (Lipinski definition) is 6. The molecule has 3 N–H and O–H groups in total. The van der Waals surface area contributed by atoms with Crippen LogP contribution >= 0.6 is 23.6 Å². The third-order valence-corrected chi connectivity index (χ3v) is 4.85. The largest absolute Gasteiger partial charge is 0.444 e. The summed E-state index contributed by atoms with van der Waals surface area (Å²) in [6, 6.07) is 8.80. The molecule has 2 rings (SSSR count). The predicted octanol–water partition coefficient (Wildman–Crippen LogP) is 4.77. The fourth-order valence-corrected chi connectivity index (χ4v) is 3.24. The zero-order chi connectivity index (χ0) is 21.7. The summed E-state index contributed by atoms with van der Waals surface area (Å²) in [4.78, 5) is 25.4. The molecule has 0 radical (unpaired) electrons. The maximum Gasteiger partial charge on any atom is 0.408 e. The van der Waals surface area contributed by atoms with Crippen LogP contribution in [0.2, 0.25) is 0 Å². The number of ether oxygens (including phenoxy) is 1. The number of carbonyl (C=O) groups excluding carboxylic acids is 2. The van der Waals surface area contributed by atoms with Crippen molar-refractivity contribution in [2.24, 2.45) is 5.41 Å². The first-order valence-corrected chi connectivity index (χ1v) is 10.3. The van der Waals surface area contributed by atoms with Gasteiger partial charge in [0.05, 0.1) is 0 Å². The minimum Gasteiger partial charge on any atom is -0.444 e. The van der Waals surface area contributed by atoms with Crippen molar-refractivity contribution >= 4 is 46.8 Å². The van der Waals surface area contributed by atoms with Crippen LogP contribution in [0.5, 0.6) is 0 Å². The monoisotopic (exact) mass is 434 g/mol. The van der Waals surface area contributed by atoms with Crippen LogP contribution in [0.25, 0.3) is 6.08 Å². The molecule has 1 aromatic heterocycles. The van der Waals surface area contributed by atoms with E-state index in [2.05, 4.69) is 20.8 Å². The van der Waals surface area contributed by atoms with Crippen LogP contribution in [-0.4, -0.2) is 33.8 Å². The van der Waals surface area contributed by atoms with Crippen LogP contribution < -0.4 is 10.6 Å². The first-order valence-electron chi connectivity index (χ1n) is 9.06. The summed E-state index contributed by atoms with van der Waals surface area (Å²) in [7, 11) is 0. The number of amides is 2. The van der Waals surface area contributed by atoms with E-state index in [-0.39, 0.29) is 0 Å². The van der Waals surface area contributed by atoms with Gasteiger partial charge in [-0.3, -0.25) is 15.2 Å². The lowest BCUT2D eigenvalue weighted by atomic mass is 9.83. The Morgan fingerprint density at radius 1 is 1.21 bits per heavy atom. The molecule has 0 aliphatic rings. The first kappa shape index (κ1) is 22.8. The fourth-order valence-electron chi connectivity index (χ4n) is 2.45. The van der Waals surface area contributed by atoms with Gasteiger partial charge in [0.15, 0.2) is 3.95 Å². The average Bonchev–Trinajstić information content (AvgIpc) is 3.02. The number of benzene rings is 1. The molecule has 7 nitrogen and oxygen atoms in total. The number of alkyl carbamates (subject to hydrolysis) is 1. The number of nitrogens with zero attached hydrogens (tertiary/aromatic N) is 1. The molecule has 29 heavy (non-hydrogen) atoms. The standard InChI is InChI=1S/C20H26N4O3S2/c1-19(2,3)27-17(26)21-14(15(25)22-16-23-24-18(28)29-16)20(4,5)12-11-13-9-7-6-8-10-13/h6-12,14H,1-5H3,(H,21,26)(H,24,28)(H,22,23,25)/b12-11-. The van der Waals surface area contributed by atoms with Crippen LogP contribution in [-0.2, 0) is 9.53 Å². The third kappa shape index (κ3) is 7.43. The van der Waals surface area contributed by atoms with E-state index in [1.165, 1.54) is 0 Å². The molecule has 2 amide bonds. The van der Waals surface area contributed by atoms with Crippen molar-refractivity contribution in [1.82, 2.24) is 15.5 Å². The average molecular weight is 435 g/mol. The lowest BCUT2D eigenvalue weighted by Crippen LogP contribution is -2.52. The van der Waals surface area contributed by atoms with Gasteiger partial charge < -0.3 is 10.1 Å². The molecule has 0 aliphatic carbocycles. The van der Waals surface area contributed by atoms with Gasteiger partial charge in [0, 0.05) is 5.41 Å². The van der Waals surface area contributed by atoms with Gasteiger partial charge >= 0.3 is 6.09 Å². The molecule has 0 saturated carbocycles. The summed E-state index contributed by atoms with van der Waals surface area (Å²) in [6.45, 7) is 9.01. The van der Waals surface area contributed by atoms with Gasteiger partial charge in [-0.25, -0.2) is 4.79 Å². The Hall–Kier alpha value is -2.52. The predicted molar refractivity (Wildman–Crippen MR) is 118 cm³/mol. The highest BCUT2D eigenvalue weighted by Gasteiger charge is 2.36. The number of aromatic nitrogens is 2. The van der Waals surface area contributed by atoms with Crippen LogP contribution in [0.1, 0.15) is 40.2 Å². The smallest absolute Gasteiger partial charge is 0.408 e. The molecule has 2 aromatic rings. The third-order valence-electron chi connectivity index (χ3n) is 3.84. The molecule has 0 aliphatic heterocycles. The molecule has 1 aromatic carbocycles. The second-order valence-electron chi connectivity index (χ2n) is 8.05. The summed E-state index contributed by atoms with van der Waals surface area (Å²) in [5, 5.41) is 12.3. The van der Waals surface area contributed by atoms with Crippen molar-refractivity contribution in [3.63, 3.8) is 0 Å². The Balaban J connectivity index is 2.26. The minimum atomic E-state index is -0.908. The van der Waals surface area contributed by atoms with E-state index in [9.17, 15) is 9.59 Å². The van der Waals surface area contributed by atoms with Gasteiger partial charge in [0.2, 0.25) is 11.0 Å². The zero-order valence-electron chi connectivity index (χ0n) is 17.1. The molecule has 1 unspecified atom stereocenters. The number of aromatic amines is 1. The van der Waals surface area contributed by atoms with Crippen molar-refractivity contribution in [2.75, 3.05) is 5.32 Å². The normalized spacial score (nSPS) is 13.1. The molecule has 156 valence electrons. The molecule has 1 heterocycles. The van der Waals surface area contributed by atoms with Gasteiger partial charge in [0.1, 0.15) is 11.6 Å². The van der Waals surface area contributed by atoms with Gasteiger partial charge in [-0.2, -0.15) is 0 Å². The van der Waals surface area contributed by atoms with E-state index in [1.807, 2.05) is 56.3 Å². The second-order valence-corrected chi connectivity index (χ2v) is 9.72. The highest BCUT2D eigenvalue weighted by Crippen LogP contribution is 2.26. The summed E-state index contributed by atoms with van der Waals surface area (Å²) < 4.78 is 5.79. The van der Waals surface area contributed by atoms with E-state index in [0.29, 0.717) is 9.09 Å². The summed E-state index contributed by atoms with van der Waals surface area (Å²) >= 11 is 6.14. The molecular weight excluding hydrogens is 408 g/mol. The van der Waals surface area contributed by atoms with E-state index in [0.717, 1.165) is 16.9 Å². The van der Waals surface area contributed by atoms with Crippen LogP contribution in [0.3, 0.4) is 0 Å². The number of nitrogens with one attached hydrogen (secondary N) is 3. The molecule has 0 spiro atoms. The molecule has 0 fully saturated rings. The molecule has 9 heteroatoms. The Bertz CT molecular complexity index is 927. The number of hydrogen-bond donors (Lipinski definition) is 3. The van der Waals surface area contributed by atoms with Gasteiger partial charge in [-0.05, 0) is 38.6 Å². The highest BCUT2D eigenvalue weighted by atomic mass is 32.1. The Morgan fingerprint density at radius 2 is 1.86 bits per heavy atom. The zero-order valence-corrected chi connectivity index (χ0v) is 18.7. The van der Waals surface area contributed by atoms with E-state index in [1.54, 1.807) is 20.8 Å². The Kier molecular flexibility index (Phi) is 7.32. The Labute approximate surface area is 179 Å². The Morgan fingerprint density at radius 3 is 2.41 bits per heavy atom. The van der Waals surface area contributed by atoms with Crippen LogP contribution in [0.4, 0.5) is 9.93 Å². The van der Waals surface area contributed by atoms with Crippen molar-refractivity contribution in [2.45, 2.75) is 46.3 Å². The van der Waals surface area contributed by atoms with Crippen molar-refractivity contribution < 1.29 is 14.3 Å². The van der Waals surface area contributed by atoms with Gasteiger partial charge in [0.25, 0.3) is 0 Å². The quantitative estimate of drug-likeness (QED) is 0.569. The molecule has 1 atom stereocenters. The lowest BCUT2D eigenvalue weighted by Gasteiger charge is -2.32. The summed E-state index contributed by atoms with van der Waals surface area (Å²) in [5.41, 5.74) is -0.423. The van der Waals surface area contributed by atoms with E-state index in [4.69, 9.17) is 17.0 Å². The van der Waals surface area contributed by atoms with Crippen molar-refractivity contribution in [3.05, 3.63) is 45.9 Å². The maximum absolute atomic E-state index is 13.0. The second kappa shape index (κ2) is 9.32. The minimum absolute atomic E-state index is 0.332. The van der Waals surface area contributed by atoms with E-state index >= 15 is 0 Å². The van der Waals surface area contributed by atoms with Crippen LogP contribution in [0, 0.1) is 9.37 Å². The highest BCUT2D eigenvalue weighted by molar-refractivity contribution is 7.73. The fraction of sp³-hybridized carbons (Fsp3) is 0.400.